The van der Waals surface area contributed by atoms with Gasteiger partial charge in [0.15, 0.2) is 0 Å². The fourth-order valence-corrected chi connectivity index (χ4v) is 2.52. The van der Waals surface area contributed by atoms with E-state index in [0.29, 0.717) is 5.88 Å². The summed E-state index contributed by atoms with van der Waals surface area (Å²) in [4.78, 5) is 0.209. The van der Waals surface area contributed by atoms with Gasteiger partial charge >= 0.3 is 0 Å². The Labute approximate surface area is 107 Å². The van der Waals surface area contributed by atoms with Gasteiger partial charge in [0.05, 0.1) is 11.5 Å². The number of aliphatic hydroxyl groups excluding tert-OH is 1. The number of sulfonamides is 1. The Morgan fingerprint density at radius 2 is 1.88 bits per heavy atom. The van der Waals surface area contributed by atoms with Crippen LogP contribution in [0.3, 0.4) is 0 Å². The van der Waals surface area contributed by atoms with Gasteiger partial charge in [0.2, 0.25) is 10.0 Å². The summed E-state index contributed by atoms with van der Waals surface area (Å²) in [5, 5.41) is 8.58. The van der Waals surface area contributed by atoms with Gasteiger partial charge in [-0.2, -0.15) is 0 Å². The maximum Gasteiger partial charge on any atom is 0.240 e. The molecule has 17 heavy (non-hydrogen) atoms. The number of aryl methyl sites for hydroxylation is 1. The normalized spacial score (nSPS) is 11.6. The van der Waals surface area contributed by atoms with E-state index in [1.807, 2.05) is 0 Å². The monoisotopic (exact) mass is 277 g/mol. The molecule has 0 aliphatic rings. The number of halogens is 1. The fraction of sp³-hybridized carbons (Fsp3) is 0.455. The molecule has 0 heterocycles. The molecule has 1 rings (SSSR count). The molecule has 0 spiro atoms. The molecule has 0 radical (unpaired) electrons. The SMILES string of the molecule is O=S(=O)(NCCO)c1ccc(CCCCl)cc1. The summed E-state index contributed by atoms with van der Waals surface area (Å²) in [6, 6.07) is 6.67. The Kier molecular flexibility index (Phi) is 5.91. The zero-order valence-corrected chi connectivity index (χ0v) is 11.0. The van der Waals surface area contributed by atoms with Crippen molar-refractivity contribution in [3.63, 3.8) is 0 Å². The van der Waals surface area contributed by atoms with Crippen molar-refractivity contribution < 1.29 is 13.5 Å². The van der Waals surface area contributed by atoms with Crippen molar-refractivity contribution in [2.45, 2.75) is 17.7 Å². The van der Waals surface area contributed by atoms with Gasteiger partial charge in [-0.25, -0.2) is 13.1 Å². The fourth-order valence-electron chi connectivity index (χ4n) is 1.37. The van der Waals surface area contributed by atoms with E-state index in [-0.39, 0.29) is 18.0 Å². The Hall–Kier alpha value is -0.620. The average molecular weight is 278 g/mol. The topological polar surface area (TPSA) is 66.4 Å². The van der Waals surface area contributed by atoms with E-state index in [4.69, 9.17) is 16.7 Å². The second-order valence-electron chi connectivity index (χ2n) is 3.56. The molecular formula is C11H16ClNO3S. The van der Waals surface area contributed by atoms with Gasteiger partial charge < -0.3 is 5.11 Å². The van der Waals surface area contributed by atoms with Crippen LogP contribution in [0.2, 0.25) is 0 Å². The summed E-state index contributed by atoms with van der Waals surface area (Å²) >= 11 is 5.58. The van der Waals surface area contributed by atoms with Crippen molar-refractivity contribution >= 4 is 21.6 Å². The molecule has 1 aromatic rings. The average Bonchev–Trinajstić information content (AvgIpc) is 2.34. The van der Waals surface area contributed by atoms with Crippen molar-refractivity contribution in [2.75, 3.05) is 19.0 Å². The van der Waals surface area contributed by atoms with Crippen molar-refractivity contribution in [3.05, 3.63) is 29.8 Å². The van der Waals surface area contributed by atoms with E-state index in [9.17, 15) is 8.42 Å². The first-order valence-electron chi connectivity index (χ1n) is 5.35. The second-order valence-corrected chi connectivity index (χ2v) is 5.70. The summed E-state index contributed by atoms with van der Waals surface area (Å²) in [6.45, 7) is -0.191. The summed E-state index contributed by atoms with van der Waals surface area (Å²) in [6.07, 6.45) is 1.71. The number of hydrogen-bond acceptors (Lipinski definition) is 3. The molecule has 0 saturated heterocycles. The number of nitrogens with one attached hydrogen (secondary N) is 1. The molecule has 0 bridgehead atoms. The van der Waals surface area contributed by atoms with Crippen LogP contribution >= 0.6 is 11.6 Å². The molecule has 0 aliphatic heterocycles. The predicted octanol–water partition coefficient (Wildman–Crippen LogP) is 1.13. The van der Waals surface area contributed by atoms with Gasteiger partial charge in [-0.05, 0) is 30.5 Å². The molecule has 6 heteroatoms. The lowest BCUT2D eigenvalue weighted by Gasteiger charge is -2.06. The number of alkyl halides is 1. The molecule has 0 aromatic heterocycles. The second kappa shape index (κ2) is 6.96. The molecule has 0 unspecified atom stereocenters. The van der Waals surface area contributed by atoms with E-state index in [1.165, 1.54) is 0 Å². The van der Waals surface area contributed by atoms with Gasteiger partial charge in [0.25, 0.3) is 0 Å². The zero-order chi connectivity index (χ0) is 12.7. The summed E-state index contributed by atoms with van der Waals surface area (Å²) in [5.41, 5.74) is 1.06. The summed E-state index contributed by atoms with van der Waals surface area (Å²) in [5.74, 6) is 0.595. The molecule has 96 valence electrons. The molecule has 0 aliphatic carbocycles. The highest BCUT2D eigenvalue weighted by Crippen LogP contribution is 2.11. The van der Waals surface area contributed by atoms with Crippen molar-refractivity contribution in [2.24, 2.45) is 0 Å². The van der Waals surface area contributed by atoms with E-state index >= 15 is 0 Å². The van der Waals surface area contributed by atoms with E-state index in [0.717, 1.165) is 18.4 Å². The van der Waals surface area contributed by atoms with Crippen LogP contribution in [0.25, 0.3) is 0 Å². The van der Waals surface area contributed by atoms with Crippen LogP contribution in [0.1, 0.15) is 12.0 Å². The van der Waals surface area contributed by atoms with E-state index in [1.54, 1.807) is 24.3 Å². The van der Waals surface area contributed by atoms with E-state index < -0.39 is 10.0 Å². The first-order chi connectivity index (χ1) is 8.10. The molecule has 0 fully saturated rings. The minimum Gasteiger partial charge on any atom is -0.395 e. The van der Waals surface area contributed by atoms with Crippen LogP contribution in [-0.2, 0) is 16.4 Å². The summed E-state index contributed by atoms with van der Waals surface area (Å²) in [7, 11) is -3.50. The highest BCUT2D eigenvalue weighted by Gasteiger charge is 2.12. The molecule has 0 atom stereocenters. The third kappa shape index (κ3) is 4.63. The third-order valence-corrected chi connectivity index (χ3v) is 3.98. The van der Waals surface area contributed by atoms with Gasteiger partial charge in [-0.3, -0.25) is 0 Å². The van der Waals surface area contributed by atoms with Crippen LogP contribution in [0.15, 0.2) is 29.2 Å². The highest BCUT2D eigenvalue weighted by molar-refractivity contribution is 7.89. The van der Waals surface area contributed by atoms with Crippen molar-refractivity contribution in [1.29, 1.82) is 0 Å². The zero-order valence-electron chi connectivity index (χ0n) is 9.39. The number of benzene rings is 1. The predicted molar refractivity (Wildman–Crippen MR) is 67.8 cm³/mol. The van der Waals surface area contributed by atoms with Crippen LogP contribution in [0.4, 0.5) is 0 Å². The van der Waals surface area contributed by atoms with Crippen molar-refractivity contribution in [3.8, 4) is 0 Å². The van der Waals surface area contributed by atoms with Gasteiger partial charge in [-0.15, -0.1) is 11.6 Å². The third-order valence-electron chi connectivity index (χ3n) is 2.24. The molecule has 0 saturated carbocycles. The van der Waals surface area contributed by atoms with Gasteiger partial charge in [-0.1, -0.05) is 12.1 Å². The lowest BCUT2D eigenvalue weighted by atomic mass is 10.1. The molecule has 1 aromatic carbocycles. The van der Waals surface area contributed by atoms with Crippen LogP contribution in [0, 0.1) is 0 Å². The Morgan fingerprint density at radius 3 is 2.41 bits per heavy atom. The first-order valence-corrected chi connectivity index (χ1v) is 7.37. The van der Waals surface area contributed by atoms with Gasteiger partial charge in [0, 0.05) is 12.4 Å². The lowest BCUT2D eigenvalue weighted by Crippen LogP contribution is -2.26. The minimum atomic E-state index is -3.50. The standard InChI is InChI=1S/C11H16ClNO3S/c12-7-1-2-10-3-5-11(6-4-10)17(15,16)13-8-9-14/h3-6,13-14H,1-2,7-9H2. The van der Waals surface area contributed by atoms with Crippen LogP contribution in [-0.4, -0.2) is 32.6 Å². The number of hydrogen-bond donors (Lipinski definition) is 2. The Bertz CT molecular complexity index is 431. The maximum atomic E-state index is 11.7. The van der Waals surface area contributed by atoms with Crippen molar-refractivity contribution in [1.82, 2.24) is 4.72 Å². The lowest BCUT2D eigenvalue weighted by molar-refractivity contribution is 0.301. The number of aliphatic hydroxyl groups is 1. The summed E-state index contributed by atoms with van der Waals surface area (Å²) < 4.78 is 25.6. The van der Waals surface area contributed by atoms with Gasteiger partial charge in [0.1, 0.15) is 0 Å². The molecule has 4 nitrogen and oxygen atoms in total. The Balaban J connectivity index is 2.73. The Morgan fingerprint density at radius 1 is 1.24 bits per heavy atom. The van der Waals surface area contributed by atoms with E-state index in [2.05, 4.69) is 4.72 Å². The minimum absolute atomic E-state index is 0.0241. The first kappa shape index (κ1) is 14.4. The van der Waals surface area contributed by atoms with Crippen LogP contribution < -0.4 is 4.72 Å². The maximum absolute atomic E-state index is 11.7. The molecule has 2 N–H and O–H groups in total. The highest BCUT2D eigenvalue weighted by atomic mass is 35.5. The smallest absolute Gasteiger partial charge is 0.240 e. The van der Waals surface area contributed by atoms with Crippen LogP contribution in [0.5, 0.6) is 0 Å². The quantitative estimate of drug-likeness (QED) is 0.734. The molecular weight excluding hydrogens is 262 g/mol. The molecule has 0 amide bonds. The largest absolute Gasteiger partial charge is 0.395 e. The number of rotatable bonds is 7.